The Hall–Kier alpha value is -2.08. The third-order valence-electron chi connectivity index (χ3n) is 4.28. The van der Waals surface area contributed by atoms with E-state index in [0.29, 0.717) is 5.92 Å². The van der Waals surface area contributed by atoms with Crippen molar-refractivity contribution in [2.45, 2.75) is 19.3 Å². The van der Waals surface area contributed by atoms with Gasteiger partial charge in [-0.25, -0.2) is 0 Å². The molecule has 0 saturated carbocycles. The fourth-order valence-corrected chi connectivity index (χ4v) is 3.30. The second-order valence-corrected chi connectivity index (χ2v) is 5.55. The minimum atomic E-state index is 0.606. The van der Waals surface area contributed by atoms with Crippen molar-refractivity contribution in [3.8, 4) is 11.1 Å². The zero-order valence-electron chi connectivity index (χ0n) is 11.1. The van der Waals surface area contributed by atoms with Crippen LogP contribution in [0.1, 0.15) is 24.0 Å². The molecule has 1 unspecified atom stereocenters. The van der Waals surface area contributed by atoms with Crippen molar-refractivity contribution in [3.05, 3.63) is 71.8 Å². The molecule has 0 aromatic heterocycles. The number of rotatable bonds is 0. The lowest BCUT2D eigenvalue weighted by molar-refractivity contribution is 0.750. The Morgan fingerprint density at radius 1 is 0.789 bits per heavy atom. The summed E-state index contributed by atoms with van der Waals surface area (Å²) in [4.78, 5) is 0. The van der Waals surface area contributed by atoms with Crippen LogP contribution in [0.15, 0.2) is 60.7 Å². The molecule has 4 rings (SSSR count). The Bertz CT molecular complexity index is 768. The Labute approximate surface area is 113 Å². The first-order chi connectivity index (χ1) is 9.33. The molecule has 0 fully saturated rings. The Morgan fingerprint density at radius 2 is 1.47 bits per heavy atom. The monoisotopic (exact) mass is 244 g/mol. The van der Waals surface area contributed by atoms with E-state index in [1.165, 1.54) is 33.0 Å². The molecular formula is C19H16. The largest absolute Gasteiger partial charge is 0.0620 e. The molecule has 0 heterocycles. The molecule has 19 heavy (non-hydrogen) atoms. The second kappa shape index (κ2) is 3.96. The summed E-state index contributed by atoms with van der Waals surface area (Å²) in [6, 6.07) is 22.2. The van der Waals surface area contributed by atoms with E-state index in [1.807, 2.05) is 0 Å². The maximum absolute atomic E-state index is 2.38. The van der Waals surface area contributed by atoms with Gasteiger partial charge in [0.05, 0.1) is 0 Å². The Morgan fingerprint density at radius 3 is 2.32 bits per heavy atom. The fourth-order valence-electron chi connectivity index (χ4n) is 3.30. The molecule has 0 saturated heterocycles. The molecule has 3 aromatic carbocycles. The van der Waals surface area contributed by atoms with E-state index >= 15 is 0 Å². The molecule has 0 bridgehead atoms. The average Bonchev–Trinajstić information content (AvgIpc) is 2.46. The lowest BCUT2D eigenvalue weighted by Gasteiger charge is -2.26. The highest BCUT2D eigenvalue weighted by Gasteiger charge is 2.21. The third kappa shape index (κ3) is 1.60. The van der Waals surface area contributed by atoms with Gasteiger partial charge in [-0.2, -0.15) is 0 Å². The topological polar surface area (TPSA) is 0 Å². The van der Waals surface area contributed by atoms with Crippen molar-refractivity contribution in [2.24, 2.45) is 0 Å². The van der Waals surface area contributed by atoms with Gasteiger partial charge in [0.25, 0.3) is 0 Å². The SMILES string of the molecule is CC1Cc2ccccc2-c2cc3ccccc3cc21. The van der Waals surface area contributed by atoms with Crippen LogP contribution >= 0.6 is 0 Å². The summed E-state index contributed by atoms with van der Waals surface area (Å²) in [5.41, 5.74) is 5.82. The van der Waals surface area contributed by atoms with Crippen LogP contribution in [0.25, 0.3) is 21.9 Å². The normalized spacial score (nSPS) is 17.0. The predicted molar refractivity (Wildman–Crippen MR) is 81.5 cm³/mol. The second-order valence-electron chi connectivity index (χ2n) is 5.55. The lowest BCUT2D eigenvalue weighted by atomic mass is 9.78. The zero-order valence-corrected chi connectivity index (χ0v) is 11.1. The summed E-state index contributed by atoms with van der Waals surface area (Å²) in [5.74, 6) is 0.606. The molecular weight excluding hydrogens is 228 g/mol. The first-order valence-electron chi connectivity index (χ1n) is 6.94. The Balaban J connectivity index is 2.08. The van der Waals surface area contributed by atoms with Gasteiger partial charge in [0, 0.05) is 0 Å². The number of benzene rings is 3. The molecule has 0 aliphatic heterocycles. The molecule has 0 spiro atoms. The van der Waals surface area contributed by atoms with Crippen molar-refractivity contribution < 1.29 is 0 Å². The van der Waals surface area contributed by atoms with E-state index < -0.39 is 0 Å². The molecule has 1 aliphatic carbocycles. The van der Waals surface area contributed by atoms with Crippen LogP contribution in [-0.4, -0.2) is 0 Å². The van der Waals surface area contributed by atoms with Crippen LogP contribution in [0.3, 0.4) is 0 Å². The quantitative estimate of drug-likeness (QED) is 0.512. The first-order valence-corrected chi connectivity index (χ1v) is 6.94. The molecule has 0 N–H and O–H groups in total. The average molecular weight is 244 g/mol. The Kier molecular flexibility index (Phi) is 2.25. The minimum Gasteiger partial charge on any atom is -0.0620 e. The lowest BCUT2D eigenvalue weighted by Crippen LogP contribution is -2.08. The standard InChI is InChI=1S/C19H16/c1-13-10-16-8-4-5-9-17(16)19-12-15-7-3-2-6-14(15)11-18(13)19/h2-9,11-13H,10H2,1H3. The first kappa shape index (κ1) is 10.8. The van der Waals surface area contributed by atoms with Gasteiger partial charge in [0.1, 0.15) is 0 Å². The molecule has 0 heteroatoms. The highest BCUT2D eigenvalue weighted by Crippen LogP contribution is 2.41. The summed E-state index contributed by atoms with van der Waals surface area (Å²) >= 11 is 0. The van der Waals surface area contributed by atoms with E-state index in [1.54, 1.807) is 0 Å². The van der Waals surface area contributed by atoms with Crippen LogP contribution in [0.2, 0.25) is 0 Å². The number of hydrogen-bond donors (Lipinski definition) is 0. The third-order valence-corrected chi connectivity index (χ3v) is 4.28. The fraction of sp³-hybridized carbons (Fsp3) is 0.158. The highest BCUT2D eigenvalue weighted by atomic mass is 14.2. The maximum atomic E-state index is 2.38. The molecule has 0 nitrogen and oxygen atoms in total. The van der Waals surface area contributed by atoms with E-state index in [4.69, 9.17) is 0 Å². The van der Waals surface area contributed by atoms with Crippen LogP contribution in [0.5, 0.6) is 0 Å². The van der Waals surface area contributed by atoms with Crippen LogP contribution in [0, 0.1) is 0 Å². The molecule has 1 aliphatic rings. The van der Waals surface area contributed by atoms with Gasteiger partial charge in [0.15, 0.2) is 0 Å². The van der Waals surface area contributed by atoms with Crippen LogP contribution < -0.4 is 0 Å². The molecule has 3 aromatic rings. The van der Waals surface area contributed by atoms with Crippen molar-refractivity contribution in [2.75, 3.05) is 0 Å². The van der Waals surface area contributed by atoms with Gasteiger partial charge >= 0.3 is 0 Å². The van der Waals surface area contributed by atoms with Gasteiger partial charge in [-0.15, -0.1) is 0 Å². The van der Waals surface area contributed by atoms with Crippen LogP contribution in [0.4, 0.5) is 0 Å². The zero-order chi connectivity index (χ0) is 12.8. The summed E-state index contributed by atoms with van der Waals surface area (Å²) in [5, 5.41) is 2.69. The maximum Gasteiger partial charge on any atom is -0.0140 e. The van der Waals surface area contributed by atoms with Gasteiger partial charge in [0.2, 0.25) is 0 Å². The van der Waals surface area contributed by atoms with E-state index in [-0.39, 0.29) is 0 Å². The minimum absolute atomic E-state index is 0.606. The van der Waals surface area contributed by atoms with Gasteiger partial charge in [-0.3, -0.25) is 0 Å². The number of fused-ring (bicyclic) bond motifs is 4. The predicted octanol–water partition coefficient (Wildman–Crippen LogP) is 5.17. The highest BCUT2D eigenvalue weighted by molar-refractivity contribution is 5.90. The number of hydrogen-bond acceptors (Lipinski definition) is 0. The van der Waals surface area contributed by atoms with E-state index in [9.17, 15) is 0 Å². The van der Waals surface area contributed by atoms with Crippen molar-refractivity contribution in [3.63, 3.8) is 0 Å². The van der Waals surface area contributed by atoms with Crippen molar-refractivity contribution in [1.82, 2.24) is 0 Å². The summed E-state index contributed by atoms with van der Waals surface area (Å²) in [7, 11) is 0. The van der Waals surface area contributed by atoms with Gasteiger partial charge < -0.3 is 0 Å². The van der Waals surface area contributed by atoms with Crippen LogP contribution in [-0.2, 0) is 6.42 Å². The summed E-state index contributed by atoms with van der Waals surface area (Å²) in [6.07, 6.45) is 1.15. The van der Waals surface area contributed by atoms with Gasteiger partial charge in [-0.05, 0) is 51.4 Å². The summed E-state index contributed by atoms with van der Waals surface area (Å²) < 4.78 is 0. The summed E-state index contributed by atoms with van der Waals surface area (Å²) in [6.45, 7) is 2.34. The molecule has 0 amide bonds. The molecule has 1 atom stereocenters. The van der Waals surface area contributed by atoms with Crippen molar-refractivity contribution in [1.29, 1.82) is 0 Å². The van der Waals surface area contributed by atoms with E-state index in [2.05, 4.69) is 67.6 Å². The van der Waals surface area contributed by atoms with Crippen molar-refractivity contribution >= 4 is 10.8 Å². The molecule has 0 radical (unpaired) electrons. The smallest absolute Gasteiger partial charge is 0.0140 e. The molecule has 92 valence electrons. The van der Waals surface area contributed by atoms with Gasteiger partial charge in [-0.1, -0.05) is 61.5 Å². The van der Waals surface area contributed by atoms with E-state index in [0.717, 1.165) is 6.42 Å².